The van der Waals surface area contributed by atoms with Crippen molar-refractivity contribution in [2.75, 3.05) is 0 Å². The average molecular weight is 165 g/mol. The first-order chi connectivity index (χ1) is 4.52. The van der Waals surface area contributed by atoms with Gasteiger partial charge in [-0.3, -0.25) is 0 Å². The molecule has 0 spiro atoms. The summed E-state index contributed by atoms with van der Waals surface area (Å²) in [6.07, 6.45) is 0.655. The van der Waals surface area contributed by atoms with Gasteiger partial charge >= 0.3 is 5.25 Å². The molecule has 1 nitrogen and oxygen atoms in total. The molecule has 0 fully saturated rings. The van der Waals surface area contributed by atoms with Crippen LogP contribution in [0.2, 0.25) is 0 Å². The average Bonchev–Trinajstić information content (AvgIpc) is 1.87. The summed E-state index contributed by atoms with van der Waals surface area (Å²) in [4.78, 5) is 0. The zero-order chi connectivity index (χ0) is 8.20. The highest BCUT2D eigenvalue weighted by Crippen LogP contribution is 2.32. The van der Waals surface area contributed by atoms with E-state index in [4.69, 9.17) is 5.26 Å². The van der Waals surface area contributed by atoms with E-state index in [9.17, 15) is 8.78 Å². The molecule has 0 amide bonds. The van der Waals surface area contributed by atoms with Crippen molar-refractivity contribution in [1.82, 2.24) is 0 Å². The quantitative estimate of drug-likeness (QED) is 0.641. The Balaban J connectivity index is 3.79. The van der Waals surface area contributed by atoms with Crippen molar-refractivity contribution in [2.45, 2.75) is 30.8 Å². The van der Waals surface area contributed by atoms with Crippen molar-refractivity contribution in [3.05, 3.63) is 0 Å². The molecule has 0 aromatic rings. The van der Waals surface area contributed by atoms with Gasteiger partial charge in [0.1, 0.15) is 0 Å². The molecule has 0 heterocycles. The molecule has 0 saturated carbocycles. The topological polar surface area (TPSA) is 23.8 Å². The van der Waals surface area contributed by atoms with Crippen molar-refractivity contribution in [3.63, 3.8) is 0 Å². The first-order valence-corrected chi connectivity index (χ1v) is 3.86. The maximum atomic E-state index is 12.2. The summed E-state index contributed by atoms with van der Waals surface area (Å²) in [6, 6.07) is 0.936. The normalized spacial score (nSPS) is 14.3. The number of halogens is 2. The fraction of sp³-hybridized carbons (Fsp3) is 0.833. The minimum atomic E-state index is -3.21. The Bertz CT molecular complexity index is 141. The first-order valence-electron chi connectivity index (χ1n) is 2.98. The van der Waals surface area contributed by atoms with Gasteiger partial charge in [0.15, 0.2) is 6.07 Å². The Morgan fingerprint density at radius 3 is 2.50 bits per heavy atom. The molecular weight excluding hydrogens is 156 g/mol. The van der Waals surface area contributed by atoms with Gasteiger partial charge in [-0.05, 0) is 6.42 Å². The third kappa shape index (κ3) is 3.67. The van der Waals surface area contributed by atoms with Crippen molar-refractivity contribution in [3.8, 4) is 6.07 Å². The maximum absolute atomic E-state index is 12.2. The lowest BCUT2D eigenvalue weighted by molar-refractivity contribution is 0.170. The van der Waals surface area contributed by atoms with Crippen LogP contribution in [0.5, 0.6) is 0 Å². The molecule has 0 aliphatic rings. The molecule has 0 N–H and O–H groups in total. The van der Waals surface area contributed by atoms with E-state index in [2.05, 4.69) is 0 Å². The van der Waals surface area contributed by atoms with Crippen LogP contribution in [-0.2, 0) is 0 Å². The zero-order valence-corrected chi connectivity index (χ0v) is 6.71. The smallest absolute Gasteiger partial charge is 0.191 e. The lowest BCUT2D eigenvalue weighted by Gasteiger charge is -2.11. The van der Waals surface area contributed by atoms with E-state index >= 15 is 0 Å². The number of alkyl halides is 2. The van der Waals surface area contributed by atoms with Crippen LogP contribution in [0, 0.1) is 11.3 Å². The van der Waals surface area contributed by atoms with E-state index in [0.29, 0.717) is 18.2 Å². The summed E-state index contributed by atoms with van der Waals surface area (Å²) < 4.78 is 24.4. The number of rotatable bonds is 3. The summed E-state index contributed by atoms with van der Waals surface area (Å²) in [5, 5.41) is 4.55. The van der Waals surface area contributed by atoms with Gasteiger partial charge in [0, 0.05) is 5.25 Å². The fourth-order valence-corrected chi connectivity index (χ4v) is 1.09. The Kier molecular flexibility index (Phi) is 3.66. The Morgan fingerprint density at radius 2 is 2.20 bits per heavy atom. The Labute approximate surface area is 63.4 Å². The van der Waals surface area contributed by atoms with Crippen LogP contribution in [0.1, 0.15) is 20.3 Å². The lowest BCUT2D eigenvalue weighted by Crippen LogP contribution is -2.11. The van der Waals surface area contributed by atoms with E-state index in [0.717, 1.165) is 6.07 Å². The highest BCUT2D eigenvalue weighted by Gasteiger charge is 2.30. The lowest BCUT2D eigenvalue weighted by atomic mass is 10.4. The third-order valence-corrected chi connectivity index (χ3v) is 2.18. The summed E-state index contributed by atoms with van der Waals surface area (Å²) in [6.45, 7) is 3.49. The first kappa shape index (κ1) is 9.70. The van der Waals surface area contributed by atoms with Gasteiger partial charge < -0.3 is 0 Å². The molecule has 0 aromatic heterocycles. The SMILES string of the molecule is CCC(C)SC(F)(F)C#N. The molecule has 0 saturated heterocycles. The minimum Gasteiger partial charge on any atom is -0.191 e. The van der Waals surface area contributed by atoms with Crippen molar-refractivity contribution in [1.29, 1.82) is 5.26 Å². The summed E-state index contributed by atoms with van der Waals surface area (Å²) in [5.41, 5.74) is 0. The van der Waals surface area contributed by atoms with Crippen LogP contribution < -0.4 is 0 Å². The number of hydrogen-bond donors (Lipinski definition) is 0. The van der Waals surface area contributed by atoms with Gasteiger partial charge in [-0.2, -0.15) is 14.0 Å². The van der Waals surface area contributed by atoms with Gasteiger partial charge in [-0.15, -0.1) is 0 Å². The highest BCUT2D eigenvalue weighted by molar-refractivity contribution is 8.01. The van der Waals surface area contributed by atoms with E-state index < -0.39 is 5.25 Å². The van der Waals surface area contributed by atoms with Crippen molar-refractivity contribution < 1.29 is 8.78 Å². The monoisotopic (exact) mass is 165 g/mol. The van der Waals surface area contributed by atoms with Crippen molar-refractivity contribution >= 4 is 11.8 Å². The van der Waals surface area contributed by atoms with E-state index in [-0.39, 0.29) is 5.25 Å². The number of hydrogen-bond acceptors (Lipinski definition) is 2. The molecule has 58 valence electrons. The van der Waals surface area contributed by atoms with Crippen LogP contribution in [0.25, 0.3) is 0 Å². The molecule has 0 aromatic carbocycles. The van der Waals surface area contributed by atoms with Gasteiger partial charge in [0.05, 0.1) is 0 Å². The molecule has 1 atom stereocenters. The zero-order valence-electron chi connectivity index (χ0n) is 5.90. The second-order valence-corrected chi connectivity index (χ2v) is 3.52. The minimum absolute atomic E-state index is 0.158. The summed E-state index contributed by atoms with van der Waals surface area (Å²) in [5.74, 6) is 0. The molecule has 0 rings (SSSR count). The number of nitrogens with zero attached hydrogens (tertiary/aromatic N) is 1. The summed E-state index contributed by atoms with van der Waals surface area (Å²) >= 11 is 0.407. The van der Waals surface area contributed by atoms with E-state index in [1.165, 1.54) is 0 Å². The molecule has 0 aliphatic carbocycles. The van der Waals surface area contributed by atoms with Gasteiger partial charge in [0.25, 0.3) is 0 Å². The fourth-order valence-electron chi connectivity index (χ4n) is 0.362. The van der Waals surface area contributed by atoms with Crippen LogP contribution in [-0.4, -0.2) is 10.5 Å². The standard InChI is InChI=1S/C6H9F2NS/c1-3-5(2)10-6(7,8)4-9/h5H,3H2,1-2H3. The second-order valence-electron chi connectivity index (χ2n) is 1.97. The van der Waals surface area contributed by atoms with Crippen LogP contribution >= 0.6 is 11.8 Å². The molecule has 0 bridgehead atoms. The molecule has 0 radical (unpaired) electrons. The molecule has 0 aliphatic heterocycles. The van der Waals surface area contributed by atoms with Crippen LogP contribution in [0.3, 0.4) is 0 Å². The highest BCUT2D eigenvalue weighted by atomic mass is 32.2. The maximum Gasteiger partial charge on any atom is 0.380 e. The summed E-state index contributed by atoms with van der Waals surface area (Å²) in [7, 11) is 0. The Morgan fingerprint density at radius 1 is 1.70 bits per heavy atom. The Hall–Kier alpha value is -0.300. The number of thioether (sulfide) groups is 1. The van der Waals surface area contributed by atoms with E-state index in [1.54, 1.807) is 6.92 Å². The van der Waals surface area contributed by atoms with Gasteiger partial charge in [-0.1, -0.05) is 25.6 Å². The second kappa shape index (κ2) is 3.77. The largest absolute Gasteiger partial charge is 0.380 e. The third-order valence-electron chi connectivity index (χ3n) is 1.05. The molecule has 1 unspecified atom stereocenters. The van der Waals surface area contributed by atoms with E-state index in [1.807, 2.05) is 6.92 Å². The predicted octanol–water partition coefficient (Wildman–Crippen LogP) is 2.63. The van der Waals surface area contributed by atoms with Crippen LogP contribution in [0.4, 0.5) is 8.78 Å². The molecular formula is C6H9F2NS. The molecule has 4 heteroatoms. The number of nitriles is 1. The van der Waals surface area contributed by atoms with Gasteiger partial charge in [0.2, 0.25) is 0 Å². The molecule has 10 heavy (non-hydrogen) atoms. The van der Waals surface area contributed by atoms with Gasteiger partial charge in [-0.25, -0.2) is 0 Å². The van der Waals surface area contributed by atoms with Crippen molar-refractivity contribution in [2.24, 2.45) is 0 Å². The van der Waals surface area contributed by atoms with Crippen LogP contribution in [0.15, 0.2) is 0 Å². The predicted molar refractivity (Wildman–Crippen MR) is 37.9 cm³/mol.